The van der Waals surface area contributed by atoms with Crippen molar-refractivity contribution in [3.05, 3.63) is 69.0 Å². The van der Waals surface area contributed by atoms with Gasteiger partial charge in [0.25, 0.3) is 5.56 Å². The SMILES string of the molecule is CN1CCN(C(=O)Cn2ccc(=O)n(C)c2=O)[C@@H](c2ccccc2)C1. The van der Waals surface area contributed by atoms with Crippen molar-refractivity contribution >= 4 is 5.91 Å². The van der Waals surface area contributed by atoms with Gasteiger partial charge in [0.05, 0.1) is 6.04 Å². The standard InChI is InChI=1S/C18H22N4O3/c1-19-10-11-22(15(12-19)14-6-4-3-5-7-14)17(24)13-21-9-8-16(23)20(2)18(21)25/h3-9,15H,10-13H2,1-2H3/t15-/m1/s1. The van der Waals surface area contributed by atoms with Crippen molar-refractivity contribution in [2.75, 3.05) is 26.7 Å². The van der Waals surface area contributed by atoms with Gasteiger partial charge in [0.2, 0.25) is 5.91 Å². The first-order valence-electron chi connectivity index (χ1n) is 8.27. The molecule has 1 saturated heterocycles. The third kappa shape index (κ3) is 3.56. The highest BCUT2D eigenvalue weighted by Crippen LogP contribution is 2.25. The van der Waals surface area contributed by atoms with Crippen molar-refractivity contribution in [1.29, 1.82) is 0 Å². The number of nitrogens with zero attached hydrogens (tertiary/aromatic N) is 4. The molecule has 0 bridgehead atoms. The molecule has 1 aliphatic heterocycles. The number of hydrogen-bond donors (Lipinski definition) is 0. The Kier molecular flexibility index (Phi) is 4.85. The first-order valence-corrected chi connectivity index (χ1v) is 8.27. The summed E-state index contributed by atoms with van der Waals surface area (Å²) in [6.07, 6.45) is 1.39. The Bertz CT molecular complexity index is 872. The number of amides is 1. The largest absolute Gasteiger partial charge is 0.332 e. The van der Waals surface area contributed by atoms with Crippen molar-refractivity contribution in [3.63, 3.8) is 0 Å². The van der Waals surface area contributed by atoms with E-state index in [-0.39, 0.29) is 24.1 Å². The van der Waals surface area contributed by atoms with Crippen LogP contribution >= 0.6 is 0 Å². The normalized spacial score (nSPS) is 18.3. The van der Waals surface area contributed by atoms with Crippen molar-refractivity contribution in [2.24, 2.45) is 7.05 Å². The quantitative estimate of drug-likeness (QED) is 0.791. The summed E-state index contributed by atoms with van der Waals surface area (Å²) >= 11 is 0. The lowest BCUT2D eigenvalue weighted by molar-refractivity contribution is -0.136. The molecule has 0 spiro atoms. The van der Waals surface area contributed by atoms with Crippen LogP contribution in [0.25, 0.3) is 0 Å². The molecule has 7 heteroatoms. The smallest absolute Gasteiger partial charge is 0.331 e. The van der Waals surface area contributed by atoms with Gasteiger partial charge in [-0.15, -0.1) is 0 Å². The van der Waals surface area contributed by atoms with E-state index in [1.165, 1.54) is 23.9 Å². The van der Waals surface area contributed by atoms with E-state index in [0.29, 0.717) is 6.54 Å². The van der Waals surface area contributed by atoms with E-state index in [1.807, 2.05) is 42.3 Å². The van der Waals surface area contributed by atoms with E-state index in [4.69, 9.17) is 0 Å². The minimum absolute atomic E-state index is 0.0457. The van der Waals surface area contributed by atoms with E-state index in [0.717, 1.165) is 23.2 Å². The van der Waals surface area contributed by atoms with Gasteiger partial charge in [-0.05, 0) is 12.6 Å². The molecule has 2 aromatic rings. The Morgan fingerprint density at radius 1 is 1.08 bits per heavy atom. The van der Waals surface area contributed by atoms with Gasteiger partial charge in [-0.3, -0.25) is 18.7 Å². The number of rotatable bonds is 3. The Hall–Kier alpha value is -2.67. The Morgan fingerprint density at radius 2 is 1.80 bits per heavy atom. The van der Waals surface area contributed by atoms with Crippen LogP contribution in [0.1, 0.15) is 11.6 Å². The topological polar surface area (TPSA) is 67.5 Å². The molecule has 1 atom stereocenters. The summed E-state index contributed by atoms with van der Waals surface area (Å²) in [7, 11) is 3.45. The van der Waals surface area contributed by atoms with Gasteiger partial charge < -0.3 is 9.80 Å². The molecule has 0 unspecified atom stereocenters. The molecule has 2 heterocycles. The molecule has 0 radical (unpaired) electrons. The number of hydrogen-bond acceptors (Lipinski definition) is 4. The monoisotopic (exact) mass is 342 g/mol. The molecule has 1 amide bonds. The predicted octanol–water partition coefficient (Wildman–Crippen LogP) is 0.0623. The number of carbonyl (C=O) groups excluding carboxylic acids is 1. The molecule has 1 aliphatic rings. The molecule has 25 heavy (non-hydrogen) atoms. The molecule has 1 aromatic heterocycles. The van der Waals surface area contributed by atoms with Crippen LogP contribution in [0.5, 0.6) is 0 Å². The first-order chi connectivity index (χ1) is 12.0. The fourth-order valence-corrected chi connectivity index (χ4v) is 3.15. The molecular formula is C18H22N4O3. The average Bonchev–Trinajstić information content (AvgIpc) is 2.62. The molecule has 1 fully saturated rings. The van der Waals surface area contributed by atoms with Crippen molar-refractivity contribution in [2.45, 2.75) is 12.6 Å². The summed E-state index contributed by atoms with van der Waals surface area (Å²) in [5.41, 5.74) is 0.219. The highest BCUT2D eigenvalue weighted by Gasteiger charge is 2.30. The third-order valence-electron chi connectivity index (χ3n) is 4.65. The maximum absolute atomic E-state index is 12.9. The highest BCUT2D eigenvalue weighted by molar-refractivity contribution is 5.76. The van der Waals surface area contributed by atoms with Crippen molar-refractivity contribution < 1.29 is 4.79 Å². The lowest BCUT2D eigenvalue weighted by atomic mass is 10.0. The van der Waals surface area contributed by atoms with Crippen molar-refractivity contribution in [3.8, 4) is 0 Å². The molecule has 7 nitrogen and oxygen atoms in total. The highest BCUT2D eigenvalue weighted by atomic mass is 16.2. The summed E-state index contributed by atoms with van der Waals surface area (Å²) in [6.45, 7) is 2.07. The van der Waals surface area contributed by atoms with Crippen LogP contribution < -0.4 is 11.2 Å². The number of benzene rings is 1. The van der Waals surface area contributed by atoms with Gasteiger partial charge >= 0.3 is 5.69 Å². The van der Waals surface area contributed by atoms with Gasteiger partial charge in [0.1, 0.15) is 6.54 Å². The Morgan fingerprint density at radius 3 is 2.52 bits per heavy atom. The zero-order valence-corrected chi connectivity index (χ0v) is 14.5. The Balaban J connectivity index is 1.86. The van der Waals surface area contributed by atoms with Gasteiger partial charge in [-0.25, -0.2) is 4.79 Å². The molecule has 1 aromatic carbocycles. The van der Waals surface area contributed by atoms with Crippen LogP contribution in [-0.2, 0) is 18.4 Å². The minimum Gasteiger partial charge on any atom is -0.332 e. The summed E-state index contributed by atoms with van der Waals surface area (Å²) in [4.78, 5) is 40.5. The van der Waals surface area contributed by atoms with Crippen LogP contribution in [0.2, 0.25) is 0 Å². The summed E-state index contributed by atoms with van der Waals surface area (Å²) in [6, 6.07) is 11.2. The van der Waals surface area contributed by atoms with Gasteiger partial charge in [-0.2, -0.15) is 0 Å². The number of piperazine rings is 1. The van der Waals surface area contributed by atoms with E-state index in [1.54, 1.807) is 0 Å². The van der Waals surface area contributed by atoms with Crippen LogP contribution in [-0.4, -0.2) is 51.5 Å². The molecule has 3 rings (SSSR count). The van der Waals surface area contributed by atoms with Crippen LogP contribution in [0.15, 0.2) is 52.2 Å². The minimum atomic E-state index is -0.480. The maximum atomic E-state index is 12.9. The number of carbonyl (C=O) groups is 1. The lowest BCUT2D eigenvalue weighted by Crippen LogP contribution is -2.51. The first kappa shape index (κ1) is 17.2. The second-order valence-corrected chi connectivity index (χ2v) is 6.40. The zero-order valence-electron chi connectivity index (χ0n) is 14.5. The fourth-order valence-electron chi connectivity index (χ4n) is 3.15. The molecule has 0 aliphatic carbocycles. The van der Waals surface area contributed by atoms with Crippen LogP contribution in [0.4, 0.5) is 0 Å². The summed E-state index contributed by atoms with van der Waals surface area (Å²) in [5.74, 6) is -0.122. The van der Waals surface area contributed by atoms with E-state index in [2.05, 4.69) is 4.90 Å². The summed E-state index contributed by atoms with van der Waals surface area (Å²) < 4.78 is 2.29. The van der Waals surface area contributed by atoms with Crippen LogP contribution in [0.3, 0.4) is 0 Å². The van der Waals surface area contributed by atoms with Crippen molar-refractivity contribution in [1.82, 2.24) is 18.9 Å². The lowest BCUT2D eigenvalue weighted by Gasteiger charge is -2.40. The third-order valence-corrected chi connectivity index (χ3v) is 4.65. The zero-order chi connectivity index (χ0) is 18.0. The molecule has 0 saturated carbocycles. The van der Waals surface area contributed by atoms with Gasteiger partial charge in [-0.1, -0.05) is 30.3 Å². The Labute approximate surface area is 145 Å². The van der Waals surface area contributed by atoms with Crippen LogP contribution in [0, 0.1) is 0 Å². The van der Waals surface area contributed by atoms with E-state index < -0.39 is 5.69 Å². The average molecular weight is 342 g/mol. The van der Waals surface area contributed by atoms with E-state index in [9.17, 15) is 14.4 Å². The molecular weight excluding hydrogens is 320 g/mol. The second kappa shape index (κ2) is 7.06. The molecule has 0 N–H and O–H groups in total. The number of aromatic nitrogens is 2. The summed E-state index contributed by atoms with van der Waals surface area (Å²) in [5, 5.41) is 0. The van der Waals surface area contributed by atoms with E-state index >= 15 is 0 Å². The van der Waals surface area contributed by atoms with Gasteiger partial charge in [0.15, 0.2) is 0 Å². The maximum Gasteiger partial charge on any atom is 0.331 e. The second-order valence-electron chi connectivity index (χ2n) is 6.40. The fraction of sp³-hybridized carbons (Fsp3) is 0.389. The number of likely N-dealkylation sites (N-methyl/N-ethyl adjacent to an activating group) is 1. The predicted molar refractivity (Wildman–Crippen MR) is 94.3 cm³/mol. The van der Waals surface area contributed by atoms with Gasteiger partial charge in [0, 0.05) is 38.9 Å². The molecule has 132 valence electrons.